The van der Waals surface area contributed by atoms with E-state index in [-0.39, 0.29) is 18.2 Å². The van der Waals surface area contributed by atoms with Crippen LogP contribution in [-0.2, 0) is 16.2 Å². The third kappa shape index (κ3) is 4.27. The molecule has 4 rings (SSSR count). The van der Waals surface area contributed by atoms with E-state index in [9.17, 15) is 14.0 Å². The zero-order valence-corrected chi connectivity index (χ0v) is 15.5. The monoisotopic (exact) mass is 390 g/mol. The van der Waals surface area contributed by atoms with E-state index >= 15 is 0 Å². The van der Waals surface area contributed by atoms with Crippen molar-refractivity contribution in [2.75, 3.05) is 10.2 Å². The lowest BCUT2D eigenvalue weighted by atomic mass is 10.2. The molecule has 0 aliphatic carbocycles. The molecule has 1 fully saturated rings. The summed E-state index contributed by atoms with van der Waals surface area (Å²) in [5.41, 5.74) is 2.16. The van der Waals surface area contributed by atoms with E-state index in [1.807, 2.05) is 42.5 Å². The summed E-state index contributed by atoms with van der Waals surface area (Å²) in [5.74, 6) is -0.383. The molecule has 0 radical (unpaired) electrons. The molecule has 146 valence electrons. The third-order valence-electron chi connectivity index (χ3n) is 4.67. The number of anilines is 2. The fourth-order valence-electron chi connectivity index (χ4n) is 3.20. The molecule has 29 heavy (non-hydrogen) atoms. The lowest BCUT2D eigenvalue weighted by Crippen LogP contribution is -2.34. The Hall–Kier alpha value is -3.67. The van der Waals surface area contributed by atoms with Gasteiger partial charge in [-0.1, -0.05) is 30.3 Å². The Bertz CT molecular complexity index is 1000. The molecule has 0 aromatic heterocycles. The van der Waals surface area contributed by atoms with Crippen molar-refractivity contribution in [2.45, 2.75) is 19.1 Å². The van der Waals surface area contributed by atoms with Crippen LogP contribution in [0.15, 0.2) is 78.9 Å². The van der Waals surface area contributed by atoms with Gasteiger partial charge in [0.2, 0.25) is 5.91 Å². The van der Waals surface area contributed by atoms with Gasteiger partial charge >= 0.3 is 0 Å². The lowest BCUT2D eigenvalue weighted by Gasteiger charge is -2.16. The average molecular weight is 390 g/mol. The quantitative estimate of drug-likeness (QED) is 0.643. The third-order valence-corrected chi connectivity index (χ3v) is 4.67. The highest BCUT2D eigenvalue weighted by atomic mass is 19.1. The summed E-state index contributed by atoms with van der Waals surface area (Å²) in [6.45, 7) is 0.468. The Morgan fingerprint density at radius 1 is 0.931 bits per heavy atom. The number of imide groups is 1. The second-order valence-corrected chi connectivity index (χ2v) is 6.74. The first-order valence-corrected chi connectivity index (χ1v) is 9.26. The average Bonchev–Trinajstić information content (AvgIpc) is 3.02. The van der Waals surface area contributed by atoms with E-state index in [1.54, 1.807) is 12.1 Å². The number of nitrogens with one attached hydrogen (secondary N) is 1. The summed E-state index contributed by atoms with van der Waals surface area (Å²) in [5, 5.41) is 3.09. The van der Waals surface area contributed by atoms with E-state index in [4.69, 9.17) is 4.74 Å². The number of amides is 2. The Labute approximate surface area is 167 Å². The van der Waals surface area contributed by atoms with Crippen LogP contribution in [0.5, 0.6) is 5.75 Å². The smallest absolute Gasteiger partial charge is 0.256 e. The molecule has 0 spiro atoms. The molecule has 1 aliphatic rings. The highest BCUT2D eigenvalue weighted by Crippen LogP contribution is 2.26. The molecule has 6 heteroatoms. The SMILES string of the molecule is O=C1C[C@@H](Nc2ccc(OCc3ccccc3)cc2)C(=O)N1c1ccc(F)cc1. The molecule has 1 heterocycles. The fourth-order valence-corrected chi connectivity index (χ4v) is 3.20. The van der Waals surface area contributed by atoms with Crippen LogP contribution in [0.3, 0.4) is 0 Å². The van der Waals surface area contributed by atoms with E-state index in [1.165, 1.54) is 24.3 Å². The minimum absolute atomic E-state index is 0.0441. The molecule has 0 saturated carbocycles. The van der Waals surface area contributed by atoms with Crippen LogP contribution in [-0.4, -0.2) is 17.9 Å². The lowest BCUT2D eigenvalue weighted by molar-refractivity contribution is -0.121. The largest absolute Gasteiger partial charge is 0.489 e. The fraction of sp³-hybridized carbons (Fsp3) is 0.130. The van der Waals surface area contributed by atoms with Gasteiger partial charge in [-0.05, 0) is 54.1 Å². The Kier molecular flexibility index (Phi) is 5.24. The van der Waals surface area contributed by atoms with Gasteiger partial charge in [-0.3, -0.25) is 9.59 Å². The maximum Gasteiger partial charge on any atom is 0.256 e. The summed E-state index contributed by atoms with van der Waals surface area (Å²) >= 11 is 0. The molecular formula is C23H19FN2O3. The maximum atomic E-state index is 13.1. The second-order valence-electron chi connectivity index (χ2n) is 6.74. The summed E-state index contributed by atoms with van der Waals surface area (Å²) in [6, 6.07) is 21.7. The van der Waals surface area contributed by atoms with Gasteiger partial charge in [-0.25, -0.2) is 9.29 Å². The number of nitrogens with zero attached hydrogens (tertiary/aromatic N) is 1. The zero-order chi connectivity index (χ0) is 20.2. The molecule has 2 amide bonds. The number of hydrogen-bond acceptors (Lipinski definition) is 4. The van der Waals surface area contributed by atoms with Crippen molar-refractivity contribution in [3.05, 3.63) is 90.2 Å². The molecular weight excluding hydrogens is 371 g/mol. The van der Waals surface area contributed by atoms with Crippen LogP contribution in [0.25, 0.3) is 0 Å². The van der Waals surface area contributed by atoms with Gasteiger partial charge in [0.1, 0.15) is 24.2 Å². The minimum Gasteiger partial charge on any atom is -0.489 e. The highest BCUT2D eigenvalue weighted by molar-refractivity contribution is 6.23. The number of carbonyl (C=O) groups is 2. The van der Waals surface area contributed by atoms with Crippen molar-refractivity contribution in [1.82, 2.24) is 0 Å². The van der Waals surface area contributed by atoms with Crippen LogP contribution in [0.2, 0.25) is 0 Å². The maximum absolute atomic E-state index is 13.1. The Balaban J connectivity index is 1.38. The summed E-state index contributed by atoms with van der Waals surface area (Å²) in [7, 11) is 0. The molecule has 0 bridgehead atoms. The number of carbonyl (C=O) groups excluding carboxylic acids is 2. The Morgan fingerprint density at radius 2 is 1.62 bits per heavy atom. The van der Waals surface area contributed by atoms with Crippen LogP contribution >= 0.6 is 0 Å². The van der Waals surface area contributed by atoms with Crippen LogP contribution in [0.1, 0.15) is 12.0 Å². The first-order valence-electron chi connectivity index (χ1n) is 9.26. The Morgan fingerprint density at radius 3 is 2.31 bits per heavy atom. The van der Waals surface area contributed by atoms with Gasteiger partial charge in [0.05, 0.1) is 12.1 Å². The van der Waals surface area contributed by atoms with Gasteiger partial charge in [0.15, 0.2) is 0 Å². The van der Waals surface area contributed by atoms with Gasteiger partial charge < -0.3 is 10.1 Å². The van der Waals surface area contributed by atoms with Gasteiger partial charge in [0.25, 0.3) is 5.91 Å². The first-order chi connectivity index (χ1) is 14.1. The molecule has 0 unspecified atom stereocenters. The predicted molar refractivity (Wildman–Crippen MR) is 108 cm³/mol. The van der Waals surface area contributed by atoms with Crippen molar-refractivity contribution < 1.29 is 18.7 Å². The number of rotatable bonds is 6. The first kappa shape index (κ1) is 18.7. The number of hydrogen-bond donors (Lipinski definition) is 1. The van der Waals surface area contributed by atoms with E-state index in [0.717, 1.165) is 10.5 Å². The van der Waals surface area contributed by atoms with E-state index in [2.05, 4.69) is 5.32 Å². The van der Waals surface area contributed by atoms with Crippen LogP contribution in [0, 0.1) is 5.82 Å². The molecule has 1 N–H and O–H groups in total. The molecule has 5 nitrogen and oxygen atoms in total. The van der Waals surface area contributed by atoms with Gasteiger partial charge in [-0.2, -0.15) is 0 Å². The summed E-state index contributed by atoms with van der Waals surface area (Å²) in [6.07, 6.45) is 0.0441. The summed E-state index contributed by atoms with van der Waals surface area (Å²) < 4.78 is 18.9. The summed E-state index contributed by atoms with van der Waals surface area (Å²) in [4.78, 5) is 26.0. The molecule has 1 saturated heterocycles. The normalized spacial score (nSPS) is 16.2. The topological polar surface area (TPSA) is 58.6 Å². The number of benzene rings is 3. The predicted octanol–water partition coefficient (Wildman–Crippen LogP) is 4.15. The van der Waals surface area contributed by atoms with Gasteiger partial charge in [0, 0.05) is 5.69 Å². The number of halogens is 1. The standard InChI is InChI=1S/C23H19FN2O3/c24-17-6-10-19(11-7-17)26-22(27)14-21(23(26)28)25-18-8-12-20(13-9-18)29-15-16-4-2-1-3-5-16/h1-13,21,25H,14-15H2/t21-/m1/s1. The van der Waals surface area contributed by atoms with Crippen molar-refractivity contribution in [3.63, 3.8) is 0 Å². The van der Waals surface area contributed by atoms with Crippen LogP contribution in [0.4, 0.5) is 15.8 Å². The van der Waals surface area contributed by atoms with E-state index < -0.39 is 11.9 Å². The second kappa shape index (κ2) is 8.14. The van der Waals surface area contributed by atoms with Gasteiger partial charge in [-0.15, -0.1) is 0 Å². The van der Waals surface area contributed by atoms with Crippen LogP contribution < -0.4 is 15.0 Å². The van der Waals surface area contributed by atoms with E-state index in [0.29, 0.717) is 23.7 Å². The van der Waals surface area contributed by atoms with Crippen molar-refractivity contribution >= 4 is 23.2 Å². The molecule has 3 aromatic rings. The highest BCUT2D eigenvalue weighted by Gasteiger charge is 2.39. The number of ether oxygens (including phenoxy) is 1. The minimum atomic E-state index is -0.663. The van der Waals surface area contributed by atoms with Crippen molar-refractivity contribution in [2.24, 2.45) is 0 Å². The zero-order valence-electron chi connectivity index (χ0n) is 15.5. The molecule has 1 aliphatic heterocycles. The molecule has 1 atom stereocenters. The molecule has 3 aromatic carbocycles. The van der Waals surface area contributed by atoms with Crippen molar-refractivity contribution in [1.29, 1.82) is 0 Å². The van der Waals surface area contributed by atoms with Crippen molar-refractivity contribution in [3.8, 4) is 5.75 Å².